The summed E-state index contributed by atoms with van der Waals surface area (Å²) in [5.74, 6) is 0.258. The molecule has 2 N–H and O–H groups in total. The second-order valence-electron chi connectivity index (χ2n) is 4.90. The first-order valence-corrected chi connectivity index (χ1v) is 6.86. The van der Waals surface area contributed by atoms with Crippen molar-refractivity contribution >= 4 is 22.9 Å². The summed E-state index contributed by atoms with van der Waals surface area (Å²) in [6.07, 6.45) is 1.65. The second kappa shape index (κ2) is 5.77. The molecule has 0 saturated carbocycles. The number of amides is 1. The molecular weight excluding hydrogens is 278 g/mol. The van der Waals surface area contributed by atoms with Crippen LogP contribution in [0, 0.1) is 13.8 Å². The molecule has 6 nitrogen and oxygen atoms in total. The molecule has 0 aliphatic heterocycles. The van der Waals surface area contributed by atoms with Crippen molar-refractivity contribution in [3.63, 3.8) is 0 Å². The van der Waals surface area contributed by atoms with Gasteiger partial charge in [-0.3, -0.25) is 15.6 Å². The molecule has 6 heteroatoms. The third-order valence-electron chi connectivity index (χ3n) is 3.30. The van der Waals surface area contributed by atoms with Crippen LogP contribution in [-0.2, 0) is 0 Å². The minimum Gasteiger partial charge on any atom is -0.280 e. The zero-order valence-corrected chi connectivity index (χ0v) is 12.3. The molecule has 0 aliphatic rings. The number of carbonyl (C=O) groups is 1. The number of pyridine rings is 1. The number of hydrazine groups is 1. The maximum atomic E-state index is 12.2. The number of fused-ring (bicyclic) bond motifs is 1. The van der Waals surface area contributed by atoms with E-state index >= 15 is 0 Å². The largest absolute Gasteiger partial charge is 0.280 e. The standard InChI is InChI=1S/C16H15N5O/c1-10-6-3-4-7-12(10)16(22)21-20-14-11(2)18-13-8-5-9-17-15(13)19-14/h3-9H,1-2H3,(H,21,22)(H,17,19,20). The fraction of sp³-hybridized carbons (Fsp3) is 0.125. The van der Waals surface area contributed by atoms with Gasteiger partial charge in [-0.1, -0.05) is 18.2 Å². The molecule has 0 unspecified atom stereocenters. The summed E-state index contributed by atoms with van der Waals surface area (Å²) in [5, 5.41) is 0. The summed E-state index contributed by atoms with van der Waals surface area (Å²) in [6, 6.07) is 11.0. The van der Waals surface area contributed by atoms with Gasteiger partial charge in [0, 0.05) is 11.8 Å². The Labute approximate surface area is 127 Å². The number of rotatable bonds is 3. The highest BCUT2D eigenvalue weighted by atomic mass is 16.2. The summed E-state index contributed by atoms with van der Waals surface area (Å²) in [6.45, 7) is 3.71. The van der Waals surface area contributed by atoms with E-state index in [1.165, 1.54) is 0 Å². The lowest BCUT2D eigenvalue weighted by molar-refractivity contribution is 0.0962. The first-order valence-electron chi connectivity index (χ1n) is 6.86. The maximum Gasteiger partial charge on any atom is 0.269 e. The number of hydrogen-bond donors (Lipinski definition) is 2. The summed E-state index contributed by atoms with van der Waals surface area (Å²) >= 11 is 0. The Morgan fingerprint density at radius 1 is 1.05 bits per heavy atom. The van der Waals surface area contributed by atoms with E-state index in [9.17, 15) is 4.79 Å². The van der Waals surface area contributed by atoms with Gasteiger partial charge in [0.2, 0.25) is 0 Å². The molecule has 2 heterocycles. The van der Waals surface area contributed by atoms with Crippen molar-refractivity contribution in [3.05, 3.63) is 59.4 Å². The van der Waals surface area contributed by atoms with Crippen molar-refractivity contribution in [2.24, 2.45) is 0 Å². The first kappa shape index (κ1) is 13.9. The van der Waals surface area contributed by atoms with Gasteiger partial charge in [-0.05, 0) is 37.6 Å². The van der Waals surface area contributed by atoms with Crippen LogP contribution in [0.2, 0.25) is 0 Å². The third-order valence-corrected chi connectivity index (χ3v) is 3.30. The SMILES string of the molecule is Cc1ccccc1C(=O)NNc1nc2ncccc2nc1C. The summed E-state index contributed by atoms with van der Waals surface area (Å²) in [5.41, 5.74) is 8.91. The van der Waals surface area contributed by atoms with Gasteiger partial charge in [-0.25, -0.2) is 15.0 Å². The van der Waals surface area contributed by atoms with Crippen molar-refractivity contribution in [2.75, 3.05) is 5.43 Å². The van der Waals surface area contributed by atoms with Crippen molar-refractivity contribution in [3.8, 4) is 0 Å². The highest BCUT2D eigenvalue weighted by molar-refractivity contribution is 5.96. The van der Waals surface area contributed by atoms with Gasteiger partial charge in [0.05, 0.1) is 5.69 Å². The number of anilines is 1. The minimum atomic E-state index is -0.222. The summed E-state index contributed by atoms with van der Waals surface area (Å²) in [4.78, 5) is 25.1. The Morgan fingerprint density at radius 3 is 2.68 bits per heavy atom. The second-order valence-corrected chi connectivity index (χ2v) is 4.90. The fourth-order valence-electron chi connectivity index (χ4n) is 2.11. The predicted molar refractivity (Wildman–Crippen MR) is 84.3 cm³/mol. The van der Waals surface area contributed by atoms with Crippen LogP contribution in [-0.4, -0.2) is 20.9 Å². The van der Waals surface area contributed by atoms with Crippen LogP contribution in [0.25, 0.3) is 11.2 Å². The van der Waals surface area contributed by atoms with Crippen LogP contribution >= 0.6 is 0 Å². The highest BCUT2D eigenvalue weighted by Gasteiger charge is 2.10. The normalized spacial score (nSPS) is 10.5. The smallest absolute Gasteiger partial charge is 0.269 e. The topological polar surface area (TPSA) is 79.8 Å². The van der Waals surface area contributed by atoms with E-state index in [1.807, 2.05) is 44.2 Å². The summed E-state index contributed by atoms with van der Waals surface area (Å²) < 4.78 is 0. The Hall–Kier alpha value is -3.02. The number of benzene rings is 1. The van der Waals surface area contributed by atoms with E-state index in [-0.39, 0.29) is 5.91 Å². The molecule has 22 heavy (non-hydrogen) atoms. The molecule has 0 radical (unpaired) electrons. The van der Waals surface area contributed by atoms with Crippen molar-refractivity contribution < 1.29 is 4.79 Å². The van der Waals surface area contributed by atoms with Gasteiger partial charge in [-0.2, -0.15) is 0 Å². The minimum absolute atomic E-state index is 0.222. The van der Waals surface area contributed by atoms with Crippen LogP contribution in [0.15, 0.2) is 42.6 Å². The molecule has 3 rings (SSSR count). The average molecular weight is 293 g/mol. The highest BCUT2D eigenvalue weighted by Crippen LogP contribution is 2.13. The van der Waals surface area contributed by atoms with Gasteiger partial charge < -0.3 is 0 Å². The molecule has 1 aromatic carbocycles. The van der Waals surface area contributed by atoms with Crippen LogP contribution in [0.3, 0.4) is 0 Å². The molecule has 1 amide bonds. The molecular formula is C16H15N5O. The summed E-state index contributed by atoms with van der Waals surface area (Å²) in [7, 11) is 0. The molecule has 0 atom stereocenters. The number of nitrogens with one attached hydrogen (secondary N) is 2. The quantitative estimate of drug-likeness (QED) is 0.725. The fourth-order valence-corrected chi connectivity index (χ4v) is 2.11. The Morgan fingerprint density at radius 2 is 1.86 bits per heavy atom. The first-order chi connectivity index (χ1) is 10.6. The number of nitrogens with zero attached hydrogens (tertiary/aromatic N) is 3. The van der Waals surface area contributed by atoms with E-state index < -0.39 is 0 Å². The lowest BCUT2D eigenvalue weighted by Gasteiger charge is -2.11. The van der Waals surface area contributed by atoms with Gasteiger partial charge in [0.1, 0.15) is 5.52 Å². The lowest BCUT2D eigenvalue weighted by Crippen LogP contribution is -2.30. The monoisotopic (exact) mass is 293 g/mol. The lowest BCUT2D eigenvalue weighted by atomic mass is 10.1. The van der Waals surface area contributed by atoms with E-state index in [2.05, 4.69) is 25.8 Å². The van der Waals surface area contributed by atoms with Crippen molar-refractivity contribution in [2.45, 2.75) is 13.8 Å². The molecule has 2 aromatic heterocycles. The van der Waals surface area contributed by atoms with Gasteiger partial charge in [0.25, 0.3) is 5.91 Å². The number of aromatic nitrogens is 3. The van der Waals surface area contributed by atoms with Crippen molar-refractivity contribution in [1.82, 2.24) is 20.4 Å². The predicted octanol–water partition coefficient (Wildman–Crippen LogP) is 2.40. The molecule has 110 valence electrons. The molecule has 0 fully saturated rings. The molecule has 0 saturated heterocycles. The molecule has 3 aromatic rings. The third kappa shape index (κ3) is 2.71. The number of aryl methyl sites for hydroxylation is 2. The average Bonchev–Trinajstić information content (AvgIpc) is 2.53. The molecule has 0 aliphatic carbocycles. The van der Waals surface area contributed by atoms with E-state index in [1.54, 1.807) is 12.3 Å². The maximum absolute atomic E-state index is 12.2. The van der Waals surface area contributed by atoms with Crippen LogP contribution < -0.4 is 10.9 Å². The van der Waals surface area contributed by atoms with Crippen LogP contribution in [0.1, 0.15) is 21.6 Å². The van der Waals surface area contributed by atoms with Crippen molar-refractivity contribution in [1.29, 1.82) is 0 Å². The van der Waals surface area contributed by atoms with Crippen LogP contribution in [0.4, 0.5) is 5.82 Å². The Kier molecular flexibility index (Phi) is 3.65. The molecule has 0 bridgehead atoms. The van der Waals surface area contributed by atoms with Gasteiger partial charge in [0.15, 0.2) is 11.5 Å². The van der Waals surface area contributed by atoms with Gasteiger partial charge >= 0.3 is 0 Å². The zero-order valence-electron chi connectivity index (χ0n) is 12.3. The van der Waals surface area contributed by atoms with Crippen LogP contribution in [0.5, 0.6) is 0 Å². The van der Waals surface area contributed by atoms with E-state index in [0.717, 1.165) is 11.1 Å². The van der Waals surface area contributed by atoms with Gasteiger partial charge in [-0.15, -0.1) is 0 Å². The number of hydrogen-bond acceptors (Lipinski definition) is 5. The molecule has 0 spiro atoms. The number of carbonyl (C=O) groups excluding carboxylic acids is 1. The van der Waals surface area contributed by atoms with E-state index in [4.69, 9.17) is 0 Å². The zero-order chi connectivity index (χ0) is 15.5. The Bertz CT molecular complexity index is 847. The Balaban J connectivity index is 1.80. The van der Waals surface area contributed by atoms with E-state index in [0.29, 0.717) is 22.7 Å².